The maximum Gasteiger partial charge on any atom is 0.220 e. The Morgan fingerprint density at radius 2 is 0.941 bits per heavy atom. The van der Waals surface area contributed by atoms with Crippen LogP contribution in [0.3, 0.4) is 0 Å². The standard InChI is InChI=1S/C54H99NO13/c1-3-5-6-7-8-9-10-11-12-13-14-15-16-17-18-19-20-21-22-23-24-25-26-27-28-29-30-31-32-33-34-35-36-38-43(58)42(55-46(59)37-4-2)41-65-53-51(64)49(62)52(45(40-57)67-53)68-54-50(63)48(61)47(60)44(39-56)66-54/h28-29,32-33,36,38,42-45,47-54,56-58,60-64H,3-27,30-31,34-35,37,39-41H2,1-2H3,(H,55,59)/b29-28+,33-32+,38-36+. The Labute approximate surface area is 411 Å². The quantitative estimate of drug-likeness (QED) is 0.0210. The summed E-state index contributed by atoms with van der Waals surface area (Å²) in [5, 5.41) is 85.7. The molecule has 14 heteroatoms. The van der Waals surface area contributed by atoms with E-state index in [0.717, 1.165) is 25.7 Å². The first-order valence-corrected chi connectivity index (χ1v) is 27.2. The van der Waals surface area contributed by atoms with E-state index in [2.05, 4.69) is 36.5 Å². The van der Waals surface area contributed by atoms with Crippen LogP contribution in [0.15, 0.2) is 36.5 Å². The molecule has 0 spiro atoms. The summed E-state index contributed by atoms with van der Waals surface area (Å²) in [6.07, 6.45) is 32.9. The van der Waals surface area contributed by atoms with E-state index in [1.807, 2.05) is 13.0 Å². The molecule has 0 radical (unpaired) electrons. The van der Waals surface area contributed by atoms with Crippen LogP contribution in [0.25, 0.3) is 0 Å². The molecule has 0 aromatic rings. The van der Waals surface area contributed by atoms with Gasteiger partial charge in [0.25, 0.3) is 0 Å². The third-order valence-electron chi connectivity index (χ3n) is 13.3. The summed E-state index contributed by atoms with van der Waals surface area (Å²) in [5.41, 5.74) is 0. The topological polar surface area (TPSA) is 228 Å². The Bertz CT molecular complexity index is 1280. The van der Waals surface area contributed by atoms with E-state index in [4.69, 9.17) is 18.9 Å². The molecule has 0 aliphatic carbocycles. The lowest BCUT2D eigenvalue weighted by Gasteiger charge is -2.46. The van der Waals surface area contributed by atoms with E-state index in [1.165, 1.54) is 148 Å². The first kappa shape index (κ1) is 62.3. The van der Waals surface area contributed by atoms with Crippen molar-refractivity contribution in [1.82, 2.24) is 5.32 Å². The van der Waals surface area contributed by atoms with Gasteiger partial charge in [0.05, 0.1) is 32.0 Å². The van der Waals surface area contributed by atoms with Crippen molar-refractivity contribution in [3.63, 3.8) is 0 Å². The summed E-state index contributed by atoms with van der Waals surface area (Å²) in [5.74, 6) is -0.307. The third-order valence-corrected chi connectivity index (χ3v) is 13.3. The highest BCUT2D eigenvalue weighted by Crippen LogP contribution is 2.30. The summed E-state index contributed by atoms with van der Waals surface area (Å²) in [4.78, 5) is 12.5. The second-order valence-electron chi connectivity index (χ2n) is 19.3. The lowest BCUT2D eigenvalue weighted by Crippen LogP contribution is -2.65. The van der Waals surface area contributed by atoms with Crippen LogP contribution in [0.5, 0.6) is 0 Å². The molecule has 0 saturated carbocycles. The summed E-state index contributed by atoms with van der Waals surface area (Å²) in [6.45, 7) is 2.39. The first-order valence-electron chi connectivity index (χ1n) is 27.2. The van der Waals surface area contributed by atoms with Crippen LogP contribution >= 0.6 is 0 Å². The molecular weight excluding hydrogens is 871 g/mol. The lowest BCUT2D eigenvalue weighted by molar-refractivity contribution is -0.359. The summed E-state index contributed by atoms with van der Waals surface area (Å²) in [7, 11) is 0. The highest BCUT2D eigenvalue weighted by molar-refractivity contribution is 5.76. The van der Waals surface area contributed by atoms with Crippen LogP contribution in [0.2, 0.25) is 0 Å². The second-order valence-corrected chi connectivity index (χ2v) is 19.3. The Morgan fingerprint density at radius 1 is 0.515 bits per heavy atom. The predicted molar refractivity (Wildman–Crippen MR) is 268 cm³/mol. The van der Waals surface area contributed by atoms with Crippen LogP contribution in [0, 0.1) is 0 Å². The molecule has 2 heterocycles. The number of aliphatic hydroxyl groups excluding tert-OH is 8. The van der Waals surface area contributed by atoms with Gasteiger partial charge in [0.15, 0.2) is 12.6 Å². The number of allylic oxidation sites excluding steroid dienone is 5. The molecule has 14 nitrogen and oxygen atoms in total. The van der Waals surface area contributed by atoms with Gasteiger partial charge in [-0.05, 0) is 44.9 Å². The number of rotatable bonds is 42. The summed E-state index contributed by atoms with van der Waals surface area (Å²) >= 11 is 0. The van der Waals surface area contributed by atoms with Crippen molar-refractivity contribution in [2.45, 2.75) is 280 Å². The highest BCUT2D eigenvalue weighted by atomic mass is 16.7. The van der Waals surface area contributed by atoms with Crippen molar-refractivity contribution in [3.05, 3.63) is 36.5 Å². The number of amides is 1. The highest BCUT2D eigenvalue weighted by Gasteiger charge is 2.51. The van der Waals surface area contributed by atoms with Gasteiger partial charge in [0.2, 0.25) is 5.91 Å². The number of unbranched alkanes of at least 4 members (excludes halogenated alkanes) is 25. The minimum Gasteiger partial charge on any atom is -0.394 e. The molecule has 0 aromatic heterocycles. The van der Waals surface area contributed by atoms with Gasteiger partial charge in [-0.3, -0.25) is 4.79 Å². The van der Waals surface area contributed by atoms with Crippen molar-refractivity contribution in [2.24, 2.45) is 0 Å². The van der Waals surface area contributed by atoms with Crippen molar-refractivity contribution in [3.8, 4) is 0 Å². The lowest BCUT2D eigenvalue weighted by atomic mass is 9.97. The predicted octanol–water partition coefficient (Wildman–Crippen LogP) is 7.88. The van der Waals surface area contributed by atoms with Crippen LogP contribution < -0.4 is 5.32 Å². The fourth-order valence-corrected chi connectivity index (χ4v) is 8.90. The fourth-order valence-electron chi connectivity index (χ4n) is 8.90. The summed E-state index contributed by atoms with van der Waals surface area (Å²) < 4.78 is 22.4. The molecule has 12 atom stereocenters. The molecule has 2 aliphatic rings. The van der Waals surface area contributed by atoms with Crippen molar-refractivity contribution >= 4 is 5.91 Å². The van der Waals surface area contributed by atoms with Crippen molar-refractivity contribution in [1.29, 1.82) is 0 Å². The van der Waals surface area contributed by atoms with Gasteiger partial charge in [0.1, 0.15) is 48.8 Å². The number of ether oxygens (including phenoxy) is 4. The Hall–Kier alpha value is -1.79. The molecule has 2 aliphatic heterocycles. The molecule has 12 unspecified atom stereocenters. The first-order chi connectivity index (χ1) is 33.1. The van der Waals surface area contributed by atoms with Gasteiger partial charge in [-0.1, -0.05) is 192 Å². The molecule has 0 bridgehead atoms. The van der Waals surface area contributed by atoms with Gasteiger partial charge in [-0.25, -0.2) is 0 Å². The molecule has 9 N–H and O–H groups in total. The number of carbonyl (C=O) groups excluding carboxylic acids is 1. The SMILES string of the molecule is CCCCCCCCCCCCCCCCCCCCCCCCC/C=C/CC/C=C/CC/C=C/C(O)C(COC1OC(CO)C(OC2OC(CO)C(O)C(O)C2O)C(O)C1O)NC(=O)CCC. The van der Waals surface area contributed by atoms with E-state index in [-0.39, 0.29) is 18.9 Å². The molecule has 2 saturated heterocycles. The number of carbonyl (C=O) groups is 1. The molecule has 2 rings (SSSR count). The van der Waals surface area contributed by atoms with Crippen LogP contribution in [0.1, 0.15) is 206 Å². The maximum atomic E-state index is 12.5. The molecule has 0 aromatic carbocycles. The average molecular weight is 970 g/mol. The van der Waals surface area contributed by atoms with E-state index < -0.39 is 86.8 Å². The number of nitrogens with one attached hydrogen (secondary N) is 1. The maximum absolute atomic E-state index is 12.5. The Morgan fingerprint density at radius 3 is 1.41 bits per heavy atom. The van der Waals surface area contributed by atoms with Gasteiger partial charge in [-0.2, -0.15) is 0 Å². The minimum absolute atomic E-state index is 0.220. The van der Waals surface area contributed by atoms with Crippen molar-refractivity contribution < 1.29 is 64.6 Å². The van der Waals surface area contributed by atoms with Crippen molar-refractivity contribution in [2.75, 3.05) is 19.8 Å². The van der Waals surface area contributed by atoms with E-state index >= 15 is 0 Å². The van der Waals surface area contributed by atoms with Crippen LogP contribution in [-0.2, 0) is 23.7 Å². The molecule has 2 fully saturated rings. The van der Waals surface area contributed by atoms with E-state index in [1.54, 1.807) is 6.08 Å². The number of hydrogen-bond donors (Lipinski definition) is 9. The van der Waals surface area contributed by atoms with Gasteiger partial charge in [0, 0.05) is 6.42 Å². The zero-order valence-corrected chi connectivity index (χ0v) is 42.3. The molecule has 398 valence electrons. The van der Waals surface area contributed by atoms with Gasteiger partial charge < -0.3 is 65.1 Å². The van der Waals surface area contributed by atoms with Crippen LogP contribution in [-0.4, -0.2) is 140 Å². The molecule has 1 amide bonds. The number of hydrogen-bond acceptors (Lipinski definition) is 13. The fraction of sp³-hybridized carbons (Fsp3) is 0.870. The smallest absolute Gasteiger partial charge is 0.220 e. The second kappa shape index (κ2) is 40.8. The van der Waals surface area contributed by atoms with Crippen LogP contribution in [0.4, 0.5) is 0 Å². The van der Waals surface area contributed by atoms with Gasteiger partial charge >= 0.3 is 0 Å². The average Bonchev–Trinajstić information content (AvgIpc) is 3.33. The minimum atomic E-state index is -1.79. The summed E-state index contributed by atoms with van der Waals surface area (Å²) in [6, 6.07) is -0.931. The largest absolute Gasteiger partial charge is 0.394 e. The van der Waals surface area contributed by atoms with Gasteiger partial charge in [-0.15, -0.1) is 0 Å². The molecular formula is C54H99NO13. The zero-order chi connectivity index (χ0) is 49.6. The zero-order valence-electron chi connectivity index (χ0n) is 42.3. The molecule has 68 heavy (non-hydrogen) atoms. The van der Waals surface area contributed by atoms with E-state index in [9.17, 15) is 45.6 Å². The normalized spacial score (nSPS) is 26.6. The Kier molecular flexibility index (Phi) is 37.4. The third kappa shape index (κ3) is 27.1. The monoisotopic (exact) mass is 970 g/mol. The Balaban J connectivity index is 1.53. The number of aliphatic hydroxyl groups is 8. The van der Waals surface area contributed by atoms with E-state index in [0.29, 0.717) is 12.8 Å².